The molecule has 4 nitrogen and oxygen atoms in total. The molecule has 21 heavy (non-hydrogen) atoms. The number of hydrogen-bond donors (Lipinski definition) is 1. The van der Waals surface area contributed by atoms with Crippen LogP contribution < -0.4 is 4.74 Å². The summed E-state index contributed by atoms with van der Waals surface area (Å²) in [5.41, 5.74) is 1.17. The molecule has 1 aliphatic carbocycles. The molecule has 1 fully saturated rings. The Kier molecular flexibility index (Phi) is 4.81. The van der Waals surface area contributed by atoms with Crippen molar-refractivity contribution in [3.63, 3.8) is 0 Å². The number of nitrogens with zero attached hydrogens (tertiary/aromatic N) is 1. The van der Waals surface area contributed by atoms with Gasteiger partial charge in [-0.2, -0.15) is 0 Å². The lowest BCUT2D eigenvalue weighted by Gasteiger charge is -2.09. The molecule has 0 radical (unpaired) electrons. The second-order valence-electron chi connectivity index (χ2n) is 4.71. The van der Waals surface area contributed by atoms with Crippen LogP contribution in [0.5, 0.6) is 5.75 Å². The van der Waals surface area contributed by atoms with Gasteiger partial charge in [-0.1, -0.05) is 18.2 Å². The van der Waals surface area contributed by atoms with Crippen LogP contribution >= 0.6 is 11.6 Å². The Bertz CT molecular complexity index is 630. The normalized spacial score (nSPS) is 15.2. The highest BCUT2D eigenvalue weighted by Crippen LogP contribution is 2.34. The molecule has 2 rings (SSSR count). The first kappa shape index (κ1) is 15.3. The Morgan fingerprint density at radius 1 is 1.52 bits per heavy atom. The zero-order chi connectivity index (χ0) is 15.4. The molecule has 0 aromatic heterocycles. The fourth-order valence-corrected chi connectivity index (χ4v) is 1.91. The zero-order valence-corrected chi connectivity index (χ0v) is 12.4. The minimum atomic E-state index is -1.08. The van der Waals surface area contributed by atoms with Gasteiger partial charge in [-0.3, -0.25) is 4.99 Å². The summed E-state index contributed by atoms with van der Waals surface area (Å²) < 4.78 is 5.67. The van der Waals surface area contributed by atoms with Gasteiger partial charge in [-0.25, -0.2) is 4.79 Å². The molecule has 0 unspecified atom stereocenters. The number of rotatable bonds is 6. The summed E-state index contributed by atoms with van der Waals surface area (Å²) in [5, 5.41) is 9.39. The fourth-order valence-electron chi connectivity index (χ4n) is 1.68. The third-order valence-electron chi connectivity index (χ3n) is 2.90. The number of carbonyl (C=O) groups is 1. The Morgan fingerprint density at radius 2 is 2.24 bits per heavy atom. The summed E-state index contributed by atoms with van der Waals surface area (Å²) in [6, 6.07) is 5.29. The average Bonchev–Trinajstić information content (AvgIpc) is 3.24. The molecule has 0 atom stereocenters. The van der Waals surface area contributed by atoms with Crippen LogP contribution in [0.25, 0.3) is 5.70 Å². The molecule has 0 heterocycles. The lowest BCUT2D eigenvalue weighted by Crippen LogP contribution is -1.98. The topological polar surface area (TPSA) is 58.9 Å². The van der Waals surface area contributed by atoms with Gasteiger partial charge in [-0.15, -0.1) is 0 Å². The standard InChI is InChI=1S/C16H16ClNO3/c1-3-18-14(8-10(2)16(19)20)11-4-7-15(13(17)9-11)21-12-5-6-12/h3-4,7-9,12H,2,5-6H2,1H3,(H,19,20)/b14-8-,18-3-. The molecule has 0 aliphatic heterocycles. The minimum absolute atomic E-state index is 0.0370. The van der Waals surface area contributed by atoms with Crippen molar-refractivity contribution in [2.75, 3.05) is 0 Å². The molecule has 0 amide bonds. The van der Waals surface area contributed by atoms with E-state index in [9.17, 15) is 4.79 Å². The third-order valence-corrected chi connectivity index (χ3v) is 3.19. The highest BCUT2D eigenvalue weighted by Gasteiger charge is 2.24. The number of aliphatic imine (C=N–C) groups is 1. The van der Waals surface area contributed by atoms with Crippen LogP contribution in [0.2, 0.25) is 5.02 Å². The second kappa shape index (κ2) is 6.59. The number of carboxylic acid groups (broad SMARTS) is 1. The molecule has 110 valence electrons. The van der Waals surface area contributed by atoms with E-state index in [1.54, 1.807) is 31.3 Å². The van der Waals surface area contributed by atoms with E-state index in [4.69, 9.17) is 21.4 Å². The molecule has 1 aromatic carbocycles. The van der Waals surface area contributed by atoms with E-state index in [1.807, 2.05) is 0 Å². The summed E-state index contributed by atoms with van der Waals surface area (Å²) in [6.45, 7) is 5.24. The van der Waals surface area contributed by atoms with Crippen LogP contribution in [-0.4, -0.2) is 23.4 Å². The number of aliphatic carboxylic acids is 1. The van der Waals surface area contributed by atoms with Crippen molar-refractivity contribution in [2.24, 2.45) is 4.99 Å². The Hall–Kier alpha value is -2.07. The van der Waals surface area contributed by atoms with Crippen molar-refractivity contribution in [1.82, 2.24) is 0 Å². The predicted octanol–water partition coefficient (Wildman–Crippen LogP) is 3.95. The van der Waals surface area contributed by atoms with Crippen molar-refractivity contribution in [3.8, 4) is 5.75 Å². The van der Waals surface area contributed by atoms with Crippen molar-refractivity contribution in [3.05, 3.63) is 47.0 Å². The quantitative estimate of drug-likeness (QED) is 0.492. The molecule has 1 saturated carbocycles. The maximum absolute atomic E-state index is 10.9. The zero-order valence-electron chi connectivity index (χ0n) is 11.7. The first-order valence-electron chi connectivity index (χ1n) is 6.60. The van der Waals surface area contributed by atoms with Crippen molar-refractivity contribution >= 4 is 29.5 Å². The van der Waals surface area contributed by atoms with Crippen LogP contribution in [0.3, 0.4) is 0 Å². The summed E-state index contributed by atoms with van der Waals surface area (Å²) in [5.74, 6) is -0.446. The number of benzene rings is 1. The van der Waals surface area contributed by atoms with Gasteiger partial charge >= 0.3 is 5.97 Å². The van der Waals surface area contributed by atoms with Crippen LogP contribution in [0, 0.1) is 0 Å². The molecule has 0 spiro atoms. The van der Waals surface area contributed by atoms with Gasteiger partial charge in [0.05, 0.1) is 22.4 Å². The first-order chi connectivity index (χ1) is 10.0. The molecule has 5 heteroatoms. The van der Waals surface area contributed by atoms with Gasteiger partial charge in [0, 0.05) is 11.8 Å². The number of carboxylic acids is 1. The summed E-state index contributed by atoms with van der Waals surface area (Å²) in [4.78, 5) is 15.1. The van der Waals surface area contributed by atoms with Gasteiger partial charge in [0.2, 0.25) is 0 Å². The van der Waals surface area contributed by atoms with E-state index in [0.717, 1.165) is 12.8 Å². The highest BCUT2D eigenvalue weighted by molar-refractivity contribution is 6.32. The molecule has 1 aliphatic rings. The Labute approximate surface area is 128 Å². The lowest BCUT2D eigenvalue weighted by atomic mass is 10.1. The van der Waals surface area contributed by atoms with E-state index in [2.05, 4.69) is 11.6 Å². The van der Waals surface area contributed by atoms with Crippen molar-refractivity contribution < 1.29 is 14.6 Å². The summed E-state index contributed by atoms with van der Waals surface area (Å²) in [7, 11) is 0. The van der Waals surface area contributed by atoms with E-state index < -0.39 is 5.97 Å². The molecule has 1 aromatic rings. The summed E-state index contributed by atoms with van der Waals surface area (Å²) in [6.07, 6.45) is 5.38. The molecule has 1 N–H and O–H groups in total. The fraction of sp³-hybridized carbons (Fsp3) is 0.250. The Balaban J connectivity index is 2.29. The van der Waals surface area contributed by atoms with Gasteiger partial charge in [0.15, 0.2) is 0 Å². The van der Waals surface area contributed by atoms with E-state index >= 15 is 0 Å². The average molecular weight is 306 g/mol. The smallest absolute Gasteiger partial charge is 0.335 e. The minimum Gasteiger partial charge on any atom is -0.489 e. The van der Waals surface area contributed by atoms with E-state index in [-0.39, 0.29) is 11.7 Å². The van der Waals surface area contributed by atoms with Crippen LogP contribution in [0.15, 0.2) is 41.4 Å². The number of halogens is 1. The first-order valence-corrected chi connectivity index (χ1v) is 6.98. The van der Waals surface area contributed by atoms with Gasteiger partial charge in [-0.05, 0) is 44.0 Å². The van der Waals surface area contributed by atoms with Gasteiger partial charge < -0.3 is 9.84 Å². The second-order valence-corrected chi connectivity index (χ2v) is 5.12. The molecular weight excluding hydrogens is 290 g/mol. The van der Waals surface area contributed by atoms with Crippen LogP contribution in [-0.2, 0) is 4.79 Å². The van der Waals surface area contributed by atoms with E-state index in [0.29, 0.717) is 22.0 Å². The number of hydrogen-bond acceptors (Lipinski definition) is 3. The third kappa shape index (κ3) is 4.20. The SMILES string of the molecule is C=C(/C=C(\N=C/C)c1ccc(OC2CC2)c(Cl)c1)C(=O)O. The largest absolute Gasteiger partial charge is 0.489 e. The van der Waals surface area contributed by atoms with Crippen LogP contribution in [0.4, 0.5) is 0 Å². The summed E-state index contributed by atoms with van der Waals surface area (Å²) >= 11 is 6.20. The van der Waals surface area contributed by atoms with E-state index in [1.165, 1.54) is 6.08 Å². The molecule has 0 bridgehead atoms. The Morgan fingerprint density at radius 3 is 2.76 bits per heavy atom. The van der Waals surface area contributed by atoms with Gasteiger partial charge in [0.25, 0.3) is 0 Å². The monoisotopic (exact) mass is 305 g/mol. The highest BCUT2D eigenvalue weighted by atomic mass is 35.5. The van der Waals surface area contributed by atoms with Crippen molar-refractivity contribution in [1.29, 1.82) is 0 Å². The maximum Gasteiger partial charge on any atom is 0.335 e. The van der Waals surface area contributed by atoms with Crippen molar-refractivity contribution in [2.45, 2.75) is 25.9 Å². The number of ether oxygens (including phenoxy) is 1. The lowest BCUT2D eigenvalue weighted by molar-refractivity contribution is -0.132. The van der Waals surface area contributed by atoms with Crippen LogP contribution in [0.1, 0.15) is 25.3 Å². The van der Waals surface area contributed by atoms with Gasteiger partial charge in [0.1, 0.15) is 5.75 Å². The molecular formula is C16H16ClNO3. The maximum atomic E-state index is 10.9. The molecule has 0 saturated heterocycles. The predicted molar refractivity (Wildman–Crippen MR) is 84.0 cm³/mol.